The SMILES string of the molecule is CCCCCCSC1=C(SCCCCCC)SC(=C2SC3=C(SCSC4=C(SCS3)SC(=C3SC5=C(SCSC6=C(SCS5)SC(=C5SC(C)=C(C)S5)S6)S3)S4)S2)S1. The molecule has 8 heterocycles. The molecule has 0 saturated heterocycles. The van der Waals surface area contributed by atoms with Crippen molar-refractivity contribution in [3.63, 3.8) is 0 Å². The summed E-state index contributed by atoms with van der Waals surface area (Å²) in [5.74, 6) is 2.51. The predicted octanol–water partition coefficient (Wildman–Crippen LogP) is 22.5. The molecule has 8 aliphatic rings. The second kappa shape index (κ2) is 25.8. The Kier molecular flexibility index (Phi) is 22.2. The van der Waals surface area contributed by atoms with Crippen molar-refractivity contribution in [3.05, 3.63) is 77.6 Å². The second-order valence-corrected chi connectivity index (χ2v) is 40.7. The highest BCUT2D eigenvalue weighted by Gasteiger charge is 2.35. The van der Waals surface area contributed by atoms with Crippen molar-refractivity contribution in [2.45, 2.75) is 79.1 Å². The van der Waals surface area contributed by atoms with Gasteiger partial charge in [-0.15, -0.1) is 118 Å². The first-order valence-electron chi connectivity index (χ1n) is 18.5. The minimum Gasteiger partial charge on any atom is -0.117 e. The van der Waals surface area contributed by atoms with Crippen molar-refractivity contribution >= 4 is 259 Å². The number of unbranched alkanes of at least 4 members (excludes halogenated alkanes) is 6. The van der Waals surface area contributed by atoms with E-state index >= 15 is 0 Å². The van der Waals surface area contributed by atoms with Crippen LogP contribution in [0.2, 0.25) is 0 Å². The van der Waals surface area contributed by atoms with E-state index in [1.54, 1.807) is 8.47 Å². The molecule has 0 saturated carbocycles. The first kappa shape index (κ1) is 49.8. The van der Waals surface area contributed by atoms with Crippen LogP contribution in [0.4, 0.5) is 0 Å². The monoisotopic (exact) mass is 1180 g/mol. The highest BCUT2D eigenvalue weighted by atomic mass is 32.3. The van der Waals surface area contributed by atoms with Gasteiger partial charge in [0, 0.05) is 20.3 Å². The van der Waals surface area contributed by atoms with Gasteiger partial charge in [0.15, 0.2) is 0 Å². The average molecular weight is 1180 g/mol. The zero-order chi connectivity index (χ0) is 39.8. The third-order valence-electron chi connectivity index (χ3n) is 8.16. The molecule has 8 rings (SSSR count). The molecule has 0 radical (unpaired) electrons. The van der Waals surface area contributed by atoms with E-state index in [1.807, 2.05) is 70.6 Å². The van der Waals surface area contributed by atoms with Gasteiger partial charge >= 0.3 is 0 Å². The largest absolute Gasteiger partial charge is 0.117 e. The van der Waals surface area contributed by atoms with Crippen LogP contribution in [-0.2, 0) is 0 Å². The zero-order valence-electron chi connectivity index (χ0n) is 31.9. The van der Waals surface area contributed by atoms with Crippen LogP contribution >= 0.6 is 259 Å². The smallest absolute Gasteiger partial charge is 0.0717 e. The third-order valence-corrected chi connectivity index (χ3v) is 40.7. The fraction of sp³-hybridized carbons (Fsp3) is 0.500. The maximum atomic E-state index is 2.31. The Labute approximate surface area is 440 Å². The fourth-order valence-corrected chi connectivity index (χ4v) is 40.0. The van der Waals surface area contributed by atoms with Crippen LogP contribution in [0.1, 0.15) is 79.1 Å². The number of allylic oxidation sites excluding steroid dienone is 2. The lowest BCUT2D eigenvalue weighted by Gasteiger charge is -2.09. The van der Waals surface area contributed by atoms with Gasteiger partial charge in [0.25, 0.3) is 0 Å². The molecule has 58 heavy (non-hydrogen) atoms. The highest BCUT2D eigenvalue weighted by Crippen LogP contribution is 2.71. The summed E-state index contributed by atoms with van der Waals surface area (Å²) in [5, 5.41) is 4.32. The molecule has 0 unspecified atom stereocenters. The molecule has 0 aromatic carbocycles. The molecule has 0 spiro atoms. The van der Waals surface area contributed by atoms with Crippen LogP contribution in [0.3, 0.4) is 0 Å². The van der Waals surface area contributed by atoms with Gasteiger partial charge in [-0.2, -0.15) is 0 Å². The first-order valence-corrected chi connectivity index (χ1v) is 38.1. The van der Waals surface area contributed by atoms with Crippen LogP contribution in [0.25, 0.3) is 0 Å². The van der Waals surface area contributed by atoms with Crippen LogP contribution in [0, 0.1) is 0 Å². The van der Waals surface area contributed by atoms with Gasteiger partial charge in [-0.3, -0.25) is 0 Å². The molecule has 0 nitrogen and oxygen atoms in total. The topological polar surface area (TPSA) is 0 Å². The van der Waals surface area contributed by atoms with Crippen LogP contribution < -0.4 is 0 Å². The lowest BCUT2D eigenvalue weighted by atomic mass is 10.2. The van der Waals surface area contributed by atoms with Crippen molar-refractivity contribution in [2.24, 2.45) is 0 Å². The molecule has 0 aliphatic carbocycles. The second-order valence-electron chi connectivity index (χ2n) is 12.4. The van der Waals surface area contributed by atoms with Gasteiger partial charge < -0.3 is 0 Å². The number of hydrogen-bond acceptors (Lipinski definition) is 22. The molecular formula is C36H40S22. The van der Waals surface area contributed by atoms with Crippen molar-refractivity contribution in [2.75, 3.05) is 31.8 Å². The summed E-state index contributed by atoms with van der Waals surface area (Å²) in [7, 11) is 0. The highest BCUT2D eigenvalue weighted by molar-refractivity contribution is 8.50. The molecule has 0 amide bonds. The maximum absolute atomic E-state index is 2.31. The van der Waals surface area contributed by atoms with Crippen LogP contribution in [0.15, 0.2) is 77.6 Å². The minimum atomic E-state index is 1.08. The van der Waals surface area contributed by atoms with E-state index in [-0.39, 0.29) is 0 Å². The van der Waals surface area contributed by atoms with Crippen LogP contribution in [-0.4, -0.2) is 31.8 Å². The number of hydrogen-bond donors (Lipinski definition) is 0. The summed E-state index contributed by atoms with van der Waals surface area (Å²) in [5.41, 5.74) is 0. The summed E-state index contributed by atoms with van der Waals surface area (Å²) in [6, 6.07) is 0. The van der Waals surface area contributed by atoms with E-state index in [4.69, 9.17) is 0 Å². The van der Waals surface area contributed by atoms with Crippen molar-refractivity contribution in [1.29, 1.82) is 0 Å². The Morgan fingerprint density at radius 3 is 0.845 bits per heavy atom. The summed E-state index contributed by atoms with van der Waals surface area (Å²) in [6.07, 6.45) is 10.8. The zero-order valence-corrected chi connectivity index (χ0v) is 49.8. The summed E-state index contributed by atoms with van der Waals surface area (Å²) >= 11 is 45.3. The van der Waals surface area contributed by atoms with E-state index in [0.29, 0.717) is 0 Å². The molecule has 8 aliphatic heterocycles. The van der Waals surface area contributed by atoms with Gasteiger partial charge in [0.1, 0.15) is 0 Å². The Morgan fingerprint density at radius 1 is 0.310 bits per heavy atom. The van der Waals surface area contributed by atoms with Gasteiger partial charge in [-0.25, -0.2) is 0 Å². The van der Waals surface area contributed by atoms with E-state index < -0.39 is 0 Å². The summed E-state index contributed by atoms with van der Waals surface area (Å²) < 4.78 is 24.4. The van der Waals surface area contributed by atoms with E-state index in [9.17, 15) is 0 Å². The van der Waals surface area contributed by atoms with Gasteiger partial charge in [0.05, 0.1) is 67.8 Å². The Hall–Kier alpha value is 5.36. The molecular weight excluding hydrogens is 1140 g/mol. The predicted molar refractivity (Wildman–Crippen MR) is 319 cm³/mol. The van der Waals surface area contributed by atoms with Crippen molar-refractivity contribution < 1.29 is 0 Å². The maximum Gasteiger partial charge on any atom is 0.0717 e. The Balaban J connectivity index is 0.828. The van der Waals surface area contributed by atoms with Crippen LogP contribution in [0.5, 0.6) is 0 Å². The average Bonchev–Trinajstić information content (AvgIpc) is 4.08. The summed E-state index contributed by atoms with van der Waals surface area (Å²) in [6.45, 7) is 9.14. The van der Waals surface area contributed by atoms with Crippen molar-refractivity contribution in [3.8, 4) is 0 Å². The molecule has 0 fully saturated rings. The Bertz CT molecular complexity index is 1770. The molecule has 0 N–H and O–H groups in total. The van der Waals surface area contributed by atoms with E-state index in [1.165, 1.54) is 132 Å². The molecule has 316 valence electrons. The van der Waals surface area contributed by atoms with Crippen molar-refractivity contribution in [1.82, 2.24) is 0 Å². The number of rotatable bonds is 12. The standard InChI is InChI=1S/C36H40S22/c1-5-7-9-11-13-37-21-22(38-14-12-10-8-6-2)50-33(49-21)34-53-25-26(54-34)44-18-46-30-29(45-17-43-25)57-36(58-30)35-55-27-28(56-35)42-16-40-24-23(39-15-41-27)51-32(52-24)31-47-19(3)20(4)48-31/h5-18H2,1-4H3. The summed E-state index contributed by atoms with van der Waals surface area (Å²) in [4.78, 5) is 2.92. The number of thioether (sulfide) groups is 22. The van der Waals surface area contributed by atoms with Gasteiger partial charge in [0.2, 0.25) is 0 Å². The van der Waals surface area contributed by atoms with Gasteiger partial charge in [-0.05, 0) is 48.0 Å². The lowest BCUT2D eigenvalue weighted by Crippen LogP contribution is -1.83. The molecule has 0 atom stereocenters. The lowest BCUT2D eigenvalue weighted by molar-refractivity contribution is 0.707. The minimum absolute atomic E-state index is 1.08. The first-order chi connectivity index (χ1) is 28.4. The van der Waals surface area contributed by atoms with E-state index in [0.717, 1.165) is 20.3 Å². The van der Waals surface area contributed by atoms with E-state index in [2.05, 4.69) is 216 Å². The normalized spacial score (nSPS) is 23.8. The quantitative estimate of drug-likeness (QED) is 0.170. The fourth-order valence-electron chi connectivity index (χ4n) is 5.12. The molecule has 0 aromatic rings. The molecule has 0 bridgehead atoms. The Morgan fingerprint density at radius 2 is 0.569 bits per heavy atom. The molecule has 22 heteroatoms. The molecule has 0 aromatic heterocycles. The van der Waals surface area contributed by atoms with Gasteiger partial charge in [-0.1, -0.05) is 194 Å². The third kappa shape index (κ3) is 13.8.